The van der Waals surface area contributed by atoms with Crippen molar-refractivity contribution in [3.05, 3.63) is 5.56 Å². The number of hydrogen-bond donors (Lipinski definition) is 2. The number of nitrogen functional groups attached to an aromatic ring is 1. The van der Waals surface area contributed by atoms with E-state index in [1.807, 2.05) is 0 Å². The molecule has 1 aromatic heterocycles. The van der Waals surface area contributed by atoms with Crippen LogP contribution in [-0.2, 0) is 0 Å². The summed E-state index contributed by atoms with van der Waals surface area (Å²) < 4.78 is 41.7. The molecule has 18 heavy (non-hydrogen) atoms. The number of nitrogens with two attached hydrogens (primary N) is 1. The monoisotopic (exact) mass is 278 g/mol. The van der Waals surface area contributed by atoms with Crippen LogP contribution in [0.5, 0.6) is 0 Å². The van der Waals surface area contributed by atoms with Crippen molar-refractivity contribution in [1.29, 1.82) is 5.26 Å². The molecule has 0 aromatic carbocycles. The number of aliphatic hydroxyl groups is 1. The Kier molecular flexibility index (Phi) is 2.87. The Morgan fingerprint density at radius 2 is 2.22 bits per heavy atom. The molecular weight excluding hydrogens is 269 g/mol. The van der Waals surface area contributed by atoms with Crippen LogP contribution >= 0.6 is 11.5 Å². The Hall–Kier alpha value is -1.53. The van der Waals surface area contributed by atoms with Crippen molar-refractivity contribution in [2.75, 3.05) is 23.7 Å². The molecule has 2 heterocycles. The summed E-state index contributed by atoms with van der Waals surface area (Å²) in [6.45, 7) is -0.598. The number of nitrogens with zero attached hydrogens (tertiary/aromatic N) is 3. The maximum absolute atomic E-state index is 12.6. The van der Waals surface area contributed by atoms with Gasteiger partial charge in [-0.2, -0.15) is 22.8 Å². The number of anilines is 2. The second-order valence-electron chi connectivity index (χ2n) is 4.06. The van der Waals surface area contributed by atoms with E-state index in [-0.39, 0.29) is 22.9 Å². The minimum atomic E-state index is -4.69. The molecular formula is C9H9F3N4OS. The fraction of sp³-hybridized carbons (Fsp3) is 0.556. The van der Waals surface area contributed by atoms with Gasteiger partial charge in [-0.3, -0.25) is 0 Å². The average Bonchev–Trinajstić information content (AvgIpc) is 2.81. The van der Waals surface area contributed by atoms with Crippen molar-refractivity contribution in [3.63, 3.8) is 0 Å². The maximum Gasteiger partial charge on any atom is 0.418 e. The quantitative estimate of drug-likeness (QED) is 0.803. The largest absolute Gasteiger partial charge is 0.418 e. The predicted molar refractivity (Wildman–Crippen MR) is 59.1 cm³/mol. The summed E-state index contributed by atoms with van der Waals surface area (Å²) in [5.41, 5.74) is 2.76. The van der Waals surface area contributed by atoms with Crippen LogP contribution in [0.15, 0.2) is 0 Å². The first-order valence-corrected chi connectivity index (χ1v) is 5.75. The van der Waals surface area contributed by atoms with Crippen molar-refractivity contribution in [1.82, 2.24) is 4.37 Å². The molecule has 2 rings (SSSR count). The van der Waals surface area contributed by atoms with Crippen molar-refractivity contribution in [2.24, 2.45) is 0 Å². The third kappa shape index (κ3) is 1.87. The summed E-state index contributed by atoms with van der Waals surface area (Å²) in [6, 6.07) is 1.81. The van der Waals surface area contributed by atoms with Gasteiger partial charge in [0.25, 0.3) is 0 Å². The SMILES string of the molecule is N#Cc1c(N)nsc1N1CCC(O)(C(F)(F)F)C1. The maximum atomic E-state index is 12.6. The molecule has 0 spiro atoms. The lowest BCUT2D eigenvalue weighted by atomic mass is 10.0. The van der Waals surface area contributed by atoms with Crippen molar-refractivity contribution >= 4 is 22.4 Å². The highest BCUT2D eigenvalue weighted by atomic mass is 32.1. The van der Waals surface area contributed by atoms with E-state index in [4.69, 9.17) is 11.0 Å². The van der Waals surface area contributed by atoms with Crippen LogP contribution < -0.4 is 10.6 Å². The standard InChI is InChI=1S/C9H9F3N4OS/c10-9(11,12)8(17)1-2-16(4-8)7-5(3-13)6(14)15-18-7/h17H,1-2,4H2,(H2,14,15). The Morgan fingerprint density at radius 3 is 2.72 bits per heavy atom. The van der Waals surface area contributed by atoms with E-state index >= 15 is 0 Å². The molecule has 1 atom stereocenters. The average molecular weight is 278 g/mol. The molecule has 0 bridgehead atoms. The van der Waals surface area contributed by atoms with E-state index in [0.717, 1.165) is 11.5 Å². The van der Waals surface area contributed by atoms with Crippen LogP contribution in [0.25, 0.3) is 0 Å². The molecule has 98 valence electrons. The molecule has 1 aliphatic rings. The van der Waals surface area contributed by atoms with Gasteiger partial charge in [0.2, 0.25) is 0 Å². The van der Waals surface area contributed by atoms with Crippen LogP contribution in [0, 0.1) is 11.3 Å². The van der Waals surface area contributed by atoms with Crippen molar-refractivity contribution < 1.29 is 18.3 Å². The van der Waals surface area contributed by atoms with Gasteiger partial charge in [-0.1, -0.05) is 0 Å². The molecule has 5 nitrogen and oxygen atoms in total. The van der Waals surface area contributed by atoms with Crippen molar-refractivity contribution in [2.45, 2.75) is 18.2 Å². The lowest BCUT2D eigenvalue weighted by molar-refractivity contribution is -0.250. The highest BCUT2D eigenvalue weighted by Crippen LogP contribution is 2.41. The van der Waals surface area contributed by atoms with Gasteiger partial charge in [0, 0.05) is 13.0 Å². The Labute approximate surface area is 104 Å². The molecule has 1 fully saturated rings. The second kappa shape index (κ2) is 4.00. The molecule has 1 aliphatic heterocycles. The first-order chi connectivity index (χ1) is 8.28. The van der Waals surface area contributed by atoms with Gasteiger partial charge in [0.1, 0.15) is 16.6 Å². The molecule has 0 radical (unpaired) electrons. The summed E-state index contributed by atoms with van der Waals surface area (Å²) in [6.07, 6.45) is -5.12. The zero-order chi connectivity index (χ0) is 13.6. The molecule has 1 saturated heterocycles. The first-order valence-electron chi connectivity index (χ1n) is 4.98. The van der Waals surface area contributed by atoms with Gasteiger partial charge in [0.05, 0.1) is 6.54 Å². The van der Waals surface area contributed by atoms with Crippen LogP contribution in [0.3, 0.4) is 0 Å². The lowest BCUT2D eigenvalue weighted by Gasteiger charge is -2.26. The van der Waals surface area contributed by atoms with Crippen LogP contribution in [-0.4, -0.2) is 34.3 Å². The topological polar surface area (TPSA) is 86.2 Å². The Morgan fingerprint density at radius 1 is 1.56 bits per heavy atom. The van der Waals surface area contributed by atoms with Gasteiger partial charge in [-0.05, 0) is 11.5 Å². The Balaban J connectivity index is 2.27. The third-order valence-corrected chi connectivity index (χ3v) is 3.80. The summed E-state index contributed by atoms with van der Waals surface area (Å²) in [4.78, 5) is 1.29. The summed E-state index contributed by atoms with van der Waals surface area (Å²) in [7, 11) is 0. The smallest absolute Gasteiger partial charge is 0.382 e. The van der Waals surface area contributed by atoms with E-state index in [2.05, 4.69) is 4.37 Å². The molecule has 0 saturated carbocycles. The predicted octanol–water partition coefficient (Wildman–Crippen LogP) is 1.10. The molecule has 1 aromatic rings. The number of hydrogen-bond acceptors (Lipinski definition) is 6. The molecule has 0 amide bonds. The molecule has 3 N–H and O–H groups in total. The van der Waals surface area contributed by atoms with E-state index < -0.39 is 24.7 Å². The number of rotatable bonds is 1. The summed E-state index contributed by atoms with van der Waals surface area (Å²) in [5.74, 6) is -0.0000477. The van der Waals surface area contributed by atoms with E-state index in [0.29, 0.717) is 0 Å². The van der Waals surface area contributed by atoms with Gasteiger partial charge in [0.15, 0.2) is 11.4 Å². The van der Waals surface area contributed by atoms with Crippen LogP contribution in [0.2, 0.25) is 0 Å². The fourth-order valence-electron chi connectivity index (χ4n) is 1.81. The van der Waals surface area contributed by atoms with E-state index in [1.54, 1.807) is 6.07 Å². The number of aromatic nitrogens is 1. The third-order valence-electron chi connectivity index (χ3n) is 2.87. The Bertz CT molecular complexity index is 509. The number of β-amino-alcohol motifs (C(OH)–C–C–N with tert-alkyl or cyclic N) is 1. The highest BCUT2D eigenvalue weighted by molar-refractivity contribution is 7.10. The minimum absolute atomic E-state index is 0.0000477. The number of halogens is 3. The van der Waals surface area contributed by atoms with Gasteiger partial charge >= 0.3 is 6.18 Å². The number of alkyl halides is 3. The number of nitriles is 1. The summed E-state index contributed by atoms with van der Waals surface area (Å²) in [5, 5.41) is 18.7. The van der Waals surface area contributed by atoms with Crippen molar-refractivity contribution in [3.8, 4) is 6.07 Å². The van der Waals surface area contributed by atoms with Crippen LogP contribution in [0.1, 0.15) is 12.0 Å². The highest BCUT2D eigenvalue weighted by Gasteiger charge is 2.57. The molecule has 9 heteroatoms. The van der Waals surface area contributed by atoms with E-state index in [1.165, 1.54) is 4.90 Å². The molecule has 0 aliphatic carbocycles. The zero-order valence-corrected chi connectivity index (χ0v) is 9.85. The normalized spacial score (nSPS) is 24.3. The zero-order valence-electron chi connectivity index (χ0n) is 9.03. The van der Waals surface area contributed by atoms with Crippen LogP contribution in [0.4, 0.5) is 24.0 Å². The minimum Gasteiger partial charge on any atom is -0.382 e. The molecule has 1 unspecified atom stereocenters. The fourth-order valence-corrected chi connectivity index (χ4v) is 2.60. The van der Waals surface area contributed by atoms with Gasteiger partial charge < -0.3 is 15.7 Å². The first kappa shape index (κ1) is 12.9. The van der Waals surface area contributed by atoms with E-state index in [9.17, 15) is 18.3 Å². The second-order valence-corrected chi connectivity index (χ2v) is 4.81. The van der Waals surface area contributed by atoms with Gasteiger partial charge in [-0.25, -0.2) is 0 Å². The van der Waals surface area contributed by atoms with Gasteiger partial charge in [-0.15, -0.1) is 0 Å². The lowest BCUT2D eigenvalue weighted by Crippen LogP contribution is -2.47. The summed E-state index contributed by atoms with van der Waals surface area (Å²) >= 11 is 0.859.